The number of ether oxygens (including phenoxy) is 1. The molecule has 4 rings (SSSR count). The third-order valence-electron chi connectivity index (χ3n) is 6.83. The van der Waals surface area contributed by atoms with E-state index in [2.05, 4.69) is 27.3 Å². The van der Waals surface area contributed by atoms with Crippen LogP contribution < -0.4 is 10.1 Å². The van der Waals surface area contributed by atoms with Crippen LogP contribution >= 0.6 is 0 Å². The molecule has 1 saturated heterocycles. The van der Waals surface area contributed by atoms with Crippen LogP contribution in [0.3, 0.4) is 0 Å². The number of carbonyl (C=O) groups excluding carboxylic acids is 1. The SMILES string of the molecule is CC.O=C(Cc1ccc(-c2ccc(OCCN3CCCCC3)cc2)cn1)NCCC1CCCC1. The van der Waals surface area contributed by atoms with Crippen LogP contribution in [-0.2, 0) is 11.2 Å². The number of carbonyl (C=O) groups is 1. The fourth-order valence-corrected chi connectivity index (χ4v) is 4.86. The van der Waals surface area contributed by atoms with Crippen molar-refractivity contribution in [2.24, 2.45) is 5.92 Å². The summed E-state index contributed by atoms with van der Waals surface area (Å²) in [4.78, 5) is 19.2. The van der Waals surface area contributed by atoms with Crippen molar-refractivity contribution >= 4 is 5.91 Å². The molecule has 1 aliphatic heterocycles. The van der Waals surface area contributed by atoms with E-state index in [1.165, 1.54) is 58.0 Å². The molecule has 1 aliphatic carbocycles. The van der Waals surface area contributed by atoms with E-state index in [0.717, 1.165) is 54.6 Å². The van der Waals surface area contributed by atoms with Crippen molar-refractivity contribution in [3.8, 4) is 16.9 Å². The minimum Gasteiger partial charge on any atom is -0.492 e. The van der Waals surface area contributed by atoms with Crippen molar-refractivity contribution in [1.82, 2.24) is 15.2 Å². The lowest BCUT2D eigenvalue weighted by Gasteiger charge is -2.26. The summed E-state index contributed by atoms with van der Waals surface area (Å²) in [6.07, 6.45) is 12.6. The second-order valence-electron chi connectivity index (χ2n) is 9.28. The summed E-state index contributed by atoms with van der Waals surface area (Å²) in [5.41, 5.74) is 2.97. The van der Waals surface area contributed by atoms with Gasteiger partial charge in [0, 0.05) is 30.5 Å². The zero-order valence-electron chi connectivity index (χ0n) is 21.2. The second-order valence-corrected chi connectivity index (χ2v) is 9.28. The molecule has 0 bridgehead atoms. The second kappa shape index (κ2) is 14.8. The molecule has 5 nitrogen and oxygen atoms in total. The number of likely N-dealkylation sites (tertiary alicyclic amines) is 1. The highest BCUT2D eigenvalue weighted by atomic mass is 16.5. The molecule has 2 aromatic rings. The van der Waals surface area contributed by atoms with Gasteiger partial charge in [-0.3, -0.25) is 14.7 Å². The van der Waals surface area contributed by atoms with E-state index >= 15 is 0 Å². The van der Waals surface area contributed by atoms with E-state index in [1.54, 1.807) is 0 Å². The number of amides is 1. The standard InChI is InChI=1S/C27H37N3O2.C2H6/c31-27(28-15-14-22-6-2-3-7-22)20-25-11-8-24(21-29-25)23-9-12-26(13-10-23)32-19-18-30-16-4-1-5-17-30;1-2/h8-13,21-22H,1-7,14-20H2,(H,28,31);1-2H3. The Morgan fingerprint density at radius 3 is 2.35 bits per heavy atom. The van der Waals surface area contributed by atoms with Crippen LogP contribution in [0.5, 0.6) is 5.75 Å². The maximum Gasteiger partial charge on any atom is 0.226 e. The van der Waals surface area contributed by atoms with Crippen LogP contribution in [0.15, 0.2) is 42.6 Å². The van der Waals surface area contributed by atoms with E-state index in [0.29, 0.717) is 6.42 Å². The van der Waals surface area contributed by atoms with Crippen LogP contribution in [0, 0.1) is 5.92 Å². The zero-order valence-corrected chi connectivity index (χ0v) is 21.2. The first kappa shape index (κ1) is 26.2. The van der Waals surface area contributed by atoms with E-state index in [1.807, 2.05) is 44.3 Å². The summed E-state index contributed by atoms with van der Waals surface area (Å²) in [6.45, 7) is 8.93. The Morgan fingerprint density at radius 1 is 0.971 bits per heavy atom. The number of benzene rings is 1. The minimum absolute atomic E-state index is 0.0642. The van der Waals surface area contributed by atoms with Gasteiger partial charge in [-0.1, -0.05) is 64.2 Å². The van der Waals surface area contributed by atoms with Crippen LogP contribution in [0.4, 0.5) is 0 Å². The summed E-state index contributed by atoms with van der Waals surface area (Å²) < 4.78 is 5.93. The normalized spacial score (nSPS) is 16.5. The summed E-state index contributed by atoms with van der Waals surface area (Å²) in [5.74, 6) is 1.78. The van der Waals surface area contributed by atoms with Gasteiger partial charge in [0.05, 0.1) is 6.42 Å². The quantitative estimate of drug-likeness (QED) is 0.476. The van der Waals surface area contributed by atoms with Crippen molar-refractivity contribution in [1.29, 1.82) is 0 Å². The Kier molecular flexibility index (Phi) is 11.4. The molecule has 1 saturated carbocycles. The van der Waals surface area contributed by atoms with Crippen LogP contribution in [0.1, 0.15) is 70.9 Å². The average molecular weight is 466 g/mol. The number of aromatic nitrogens is 1. The van der Waals surface area contributed by atoms with Gasteiger partial charge in [-0.05, 0) is 62.0 Å². The summed E-state index contributed by atoms with van der Waals surface area (Å²) in [7, 11) is 0. The lowest BCUT2D eigenvalue weighted by Crippen LogP contribution is -2.33. The molecule has 0 atom stereocenters. The van der Waals surface area contributed by atoms with Gasteiger partial charge in [-0.15, -0.1) is 0 Å². The number of nitrogens with zero attached hydrogens (tertiary/aromatic N) is 2. The molecule has 2 heterocycles. The minimum atomic E-state index is 0.0642. The molecule has 2 fully saturated rings. The molecule has 1 amide bonds. The van der Waals surface area contributed by atoms with Gasteiger partial charge in [0.15, 0.2) is 0 Å². The Hall–Kier alpha value is -2.40. The smallest absolute Gasteiger partial charge is 0.226 e. The van der Waals surface area contributed by atoms with Crippen molar-refractivity contribution in [2.45, 2.75) is 71.6 Å². The maximum atomic E-state index is 12.2. The topological polar surface area (TPSA) is 54.5 Å². The van der Waals surface area contributed by atoms with E-state index in [-0.39, 0.29) is 5.91 Å². The first-order valence-electron chi connectivity index (χ1n) is 13.4. The highest BCUT2D eigenvalue weighted by molar-refractivity contribution is 5.78. The number of nitrogens with one attached hydrogen (secondary N) is 1. The third kappa shape index (κ3) is 8.75. The molecule has 0 unspecified atom stereocenters. The molecule has 2 aliphatic rings. The molecule has 5 heteroatoms. The highest BCUT2D eigenvalue weighted by Crippen LogP contribution is 2.27. The molecule has 0 spiro atoms. The predicted octanol–water partition coefficient (Wildman–Crippen LogP) is 5.88. The number of hydrogen-bond donors (Lipinski definition) is 1. The van der Waals surface area contributed by atoms with Crippen molar-refractivity contribution in [2.75, 3.05) is 32.8 Å². The van der Waals surface area contributed by atoms with Crippen LogP contribution in [0.2, 0.25) is 0 Å². The number of rotatable bonds is 10. The summed E-state index contributed by atoms with van der Waals surface area (Å²) in [6, 6.07) is 12.2. The summed E-state index contributed by atoms with van der Waals surface area (Å²) in [5, 5.41) is 3.05. The molecule has 1 N–H and O–H groups in total. The van der Waals surface area contributed by atoms with Crippen LogP contribution in [-0.4, -0.2) is 48.6 Å². The lowest BCUT2D eigenvalue weighted by atomic mass is 10.0. The monoisotopic (exact) mass is 465 g/mol. The average Bonchev–Trinajstić information content (AvgIpc) is 3.41. The van der Waals surface area contributed by atoms with Gasteiger partial charge < -0.3 is 10.1 Å². The fourth-order valence-electron chi connectivity index (χ4n) is 4.86. The zero-order chi connectivity index (χ0) is 24.0. The van der Waals surface area contributed by atoms with Gasteiger partial charge in [-0.25, -0.2) is 0 Å². The highest BCUT2D eigenvalue weighted by Gasteiger charge is 2.15. The maximum absolute atomic E-state index is 12.2. The Bertz CT molecular complexity index is 823. The Labute approximate surface area is 206 Å². The van der Waals surface area contributed by atoms with Gasteiger partial charge in [-0.2, -0.15) is 0 Å². The van der Waals surface area contributed by atoms with Crippen molar-refractivity contribution in [3.63, 3.8) is 0 Å². The largest absolute Gasteiger partial charge is 0.492 e. The molecule has 1 aromatic carbocycles. The molecule has 1 aromatic heterocycles. The first-order chi connectivity index (χ1) is 16.8. The summed E-state index contributed by atoms with van der Waals surface area (Å²) >= 11 is 0. The molecule has 186 valence electrons. The Balaban J connectivity index is 0.00000158. The van der Waals surface area contributed by atoms with Gasteiger partial charge in [0.25, 0.3) is 0 Å². The van der Waals surface area contributed by atoms with E-state index < -0.39 is 0 Å². The number of hydrogen-bond acceptors (Lipinski definition) is 4. The molecular weight excluding hydrogens is 422 g/mol. The predicted molar refractivity (Wildman–Crippen MR) is 140 cm³/mol. The molecule has 34 heavy (non-hydrogen) atoms. The number of pyridine rings is 1. The third-order valence-corrected chi connectivity index (χ3v) is 6.83. The van der Waals surface area contributed by atoms with Crippen molar-refractivity contribution < 1.29 is 9.53 Å². The van der Waals surface area contributed by atoms with Gasteiger partial charge in [0.1, 0.15) is 12.4 Å². The number of piperidine rings is 1. The lowest BCUT2D eigenvalue weighted by molar-refractivity contribution is -0.120. The van der Waals surface area contributed by atoms with Crippen LogP contribution in [0.25, 0.3) is 11.1 Å². The Morgan fingerprint density at radius 2 is 1.68 bits per heavy atom. The molecular formula is C29H43N3O2. The van der Waals surface area contributed by atoms with Crippen molar-refractivity contribution in [3.05, 3.63) is 48.3 Å². The fraction of sp³-hybridized carbons (Fsp3) is 0.586. The van der Waals surface area contributed by atoms with E-state index in [9.17, 15) is 4.79 Å². The molecule has 0 radical (unpaired) electrons. The first-order valence-corrected chi connectivity index (χ1v) is 13.4. The van der Waals surface area contributed by atoms with E-state index in [4.69, 9.17) is 4.74 Å². The van der Waals surface area contributed by atoms with Gasteiger partial charge in [0.2, 0.25) is 5.91 Å². The van der Waals surface area contributed by atoms with Gasteiger partial charge >= 0.3 is 0 Å².